The molecule has 12 heteroatoms. The summed E-state index contributed by atoms with van der Waals surface area (Å²) in [4.78, 5) is 53.8. The number of nitrogens with one attached hydrogen (secondary N) is 3. The second kappa shape index (κ2) is 14.2. The molecular weight excluding hydrogens is 470 g/mol. The number of nitrogens with two attached hydrogens (primary N) is 1. The van der Waals surface area contributed by atoms with E-state index in [-0.39, 0.29) is 19.7 Å². The molecule has 0 aliphatic heterocycles. The minimum atomic E-state index is -0.822. The molecule has 12 nitrogen and oxygen atoms in total. The second-order valence-corrected chi connectivity index (χ2v) is 9.27. The maximum Gasteiger partial charge on any atom is 0.434 e. The highest BCUT2D eigenvalue weighted by atomic mass is 16.7. The second-order valence-electron chi connectivity index (χ2n) is 9.27. The molecule has 0 saturated carbocycles. The lowest BCUT2D eigenvalue weighted by atomic mass is 10.0. The molecule has 3 atom stereocenters. The van der Waals surface area contributed by atoms with Gasteiger partial charge in [0.1, 0.15) is 18.2 Å². The van der Waals surface area contributed by atoms with Crippen LogP contribution in [-0.4, -0.2) is 66.9 Å². The maximum atomic E-state index is 12.6. The van der Waals surface area contributed by atoms with E-state index in [0.29, 0.717) is 11.3 Å². The first kappa shape index (κ1) is 30.7. The predicted octanol–water partition coefficient (Wildman–Crippen LogP) is 2.14. The summed E-state index contributed by atoms with van der Waals surface area (Å²) in [5.41, 5.74) is 5.96. The van der Waals surface area contributed by atoms with Crippen LogP contribution in [0.4, 0.5) is 15.3 Å². The quantitative estimate of drug-likeness (QED) is 0.330. The first-order valence-corrected chi connectivity index (χ1v) is 11.7. The van der Waals surface area contributed by atoms with Crippen molar-refractivity contribution in [3.05, 3.63) is 29.8 Å². The van der Waals surface area contributed by atoms with Crippen LogP contribution in [0, 0.1) is 5.92 Å². The molecule has 0 radical (unpaired) electrons. The summed E-state index contributed by atoms with van der Waals surface area (Å²) in [5.74, 6) is -1.41. The van der Waals surface area contributed by atoms with Crippen molar-refractivity contribution in [1.29, 1.82) is 0 Å². The monoisotopic (exact) mass is 509 g/mol. The van der Waals surface area contributed by atoms with Crippen LogP contribution in [0.1, 0.15) is 47.1 Å². The van der Waals surface area contributed by atoms with Crippen LogP contribution < -0.4 is 21.7 Å². The average Bonchev–Trinajstić information content (AvgIpc) is 2.79. The topological polar surface area (TPSA) is 161 Å². The zero-order valence-corrected chi connectivity index (χ0v) is 22.0. The summed E-state index contributed by atoms with van der Waals surface area (Å²) in [6.45, 7) is 10.6. The van der Waals surface area contributed by atoms with Gasteiger partial charge in [0, 0.05) is 18.3 Å². The van der Waals surface area contributed by atoms with Crippen LogP contribution in [-0.2, 0) is 30.5 Å². The Kier molecular flexibility index (Phi) is 12.1. The van der Waals surface area contributed by atoms with Crippen molar-refractivity contribution in [2.24, 2.45) is 11.7 Å². The number of carbonyl (C=O) groups is 4. The number of benzene rings is 1. The van der Waals surface area contributed by atoms with Gasteiger partial charge in [-0.3, -0.25) is 14.4 Å². The van der Waals surface area contributed by atoms with Gasteiger partial charge in [0.25, 0.3) is 0 Å². The van der Waals surface area contributed by atoms with E-state index < -0.39 is 47.6 Å². The molecule has 202 valence electrons. The third-order valence-corrected chi connectivity index (χ3v) is 5.00. The van der Waals surface area contributed by atoms with Crippen LogP contribution >= 0.6 is 0 Å². The number of hydroxylamine groups is 2. The molecule has 4 amide bonds. The van der Waals surface area contributed by atoms with Crippen molar-refractivity contribution >= 4 is 29.7 Å². The molecule has 0 heterocycles. The molecule has 1 aromatic carbocycles. The number of carbonyl (C=O) groups excluding carboxylic acids is 4. The van der Waals surface area contributed by atoms with Crippen molar-refractivity contribution in [3.8, 4) is 0 Å². The third kappa shape index (κ3) is 10.9. The zero-order chi connectivity index (χ0) is 27.5. The van der Waals surface area contributed by atoms with Gasteiger partial charge in [0.15, 0.2) is 0 Å². The number of ether oxygens (including phenoxy) is 2. The Morgan fingerprint density at radius 3 is 2.14 bits per heavy atom. The molecule has 1 rings (SSSR count). The highest BCUT2D eigenvalue weighted by molar-refractivity contribution is 5.97. The van der Waals surface area contributed by atoms with E-state index in [1.54, 1.807) is 65.8 Å². The van der Waals surface area contributed by atoms with Gasteiger partial charge in [-0.2, -0.15) is 5.06 Å². The number of nitrogens with zero attached hydrogens (tertiary/aromatic N) is 1. The van der Waals surface area contributed by atoms with E-state index in [0.717, 1.165) is 5.06 Å². The zero-order valence-electron chi connectivity index (χ0n) is 22.0. The Hall–Kier alpha value is -3.38. The van der Waals surface area contributed by atoms with Gasteiger partial charge in [-0.05, 0) is 52.3 Å². The van der Waals surface area contributed by atoms with Crippen LogP contribution in [0.25, 0.3) is 0 Å². The maximum absolute atomic E-state index is 12.6. The van der Waals surface area contributed by atoms with Crippen LogP contribution in [0.3, 0.4) is 0 Å². The number of anilines is 1. The van der Waals surface area contributed by atoms with Gasteiger partial charge < -0.3 is 31.2 Å². The Labute approximate surface area is 212 Å². The molecule has 0 saturated heterocycles. The van der Waals surface area contributed by atoms with Gasteiger partial charge in [-0.1, -0.05) is 19.1 Å². The molecule has 0 aliphatic rings. The molecule has 0 aliphatic carbocycles. The van der Waals surface area contributed by atoms with Gasteiger partial charge in [-0.25, -0.2) is 9.59 Å². The fraction of sp³-hybridized carbons (Fsp3) is 0.583. The lowest BCUT2D eigenvalue weighted by Gasteiger charge is -2.25. The molecule has 0 aromatic heterocycles. The Bertz CT molecular complexity index is 886. The van der Waals surface area contributed by atoms with E-state index >= 15 is 0 Å². The van der Waals surface area contributed by atoms with Crippen molar-refractivity contribution in [2.75, 3.05) is 25.5 Å². The van der Waals surface area contributed by atoms with Crippen LogP contribution in [0.2, 0.25) is 0 Å². The number of rotatable bonds is 11. The van der Waals surface area contributed by atoms with Crippen LogP contribution in [0.5, 0.6) is 0 Å². The molecular formula is C24H39N5O7. The predicted molar refractivity (Wildman–Crippen MR) is 134 cm³/mol. The fourth-order valence-corrected chi connectivity index (χ4v) is 2.78. The largest absolute Gasteiger partial charge is 0.444 e. The summed E-state index contributed by atoms with van der Waals surface area (Å²) in [5, 5.41) is 9.00. The normalized spacial score (nSPS) is 13.6. The minimum absolute atomic E-state index is 0.0113. The van der Waals surface area contributed by atoms with Crippen LogP contribution in [0.15, 0.2) is 24.3 Å². The Morgan fingerprint density at radius 2 is 1.61 bits per heavy atom. The average molecular weight is 510 g/mol. The fourth-order valence-electron chi connectivity index (χ4n) is 2.78. The van der Waals surface area contributed by atoms with E-state index in [1.807, 2.05) is 0 Å². The van der Waals surface area contributed by atoms with Crippen molar-refractivity contribution in [3.63, 3.8) is 0 Å². The third-order valence-electron chi connectivity index (χ3n) is 5.00. The highest BCUT2D eigenvalue weighted by Crippen LogP contribution is 2.12. The first-order chi connectivity index (χ1) is 16.8. The molecule has 5 N–H and O–H groups in total. The lowest BCUT2D eigenvalue weighted by molar-refractivity contribution is -0.129. The minimum Gasteiger partial charge on any atom is -0.444 e. The Morgan fingerprint density at radius 1 is 1.00 bits per heavy atom. The number of hydrogen-bond donors (Lipinski definition) is 4. The molecule has 0 spiro atoms. The van der Waals surface area contributed by atoms with Gasteiger partial charge >= 0.3 is 12.2 Å². The van der Waals surface area contributed by atoms with Gasteiger partial charge in [0.05, 0.1) is 19.6 Å². The summed E-state index contributed by atoms with van der Waals surface area (Å²) in [6.07, 6.45) is -1.28. The SMILES string of the molecule is CON(CCN)C(=O)OCc1ccc(NC(=O)[C@H](C)NC(=O)[C@H](C)C(C)NC(=O)OC(C)(C)C)cc1. The van der Waals surface area contributed by atoms with E-state index in [9.17, 15) is 19.2 Å². The smallest absolute Gasteiger partial charge is 0.434 e. The summed E-state index contributed by atoms with van der Waals surface area (Å²) in [6, 6.07) is 5.36. The number of hydrogen-bond acceptors (Lipinski definition) is 8. The summed E-state index contributed by atoms with van der Waals surface area (Å²) >= 11 is 0. The molecule has 0 fully saturated rings. The van der Waals surface area contributed by atoms with E-state index in [1.165, 1.54) is 7.11 Å². The van der Waals surface area contributed by atoms with Gasteiger partial charge in [-0.15, -0.1) is 0 Å². The van der Waals surface area contributed by atoms with Crippen molar-refractivity contribution < 1.29 is 33.5 Å². The Balaban J connectivity index is 2.55. The number of alkyl carbamates (subject to hydrolysis) is 1. The first-order valence-electron chi connectivity index (χ1n) is 11.7. The molecule has 0 bridgehead atoms. The van der Waals surface area contributed by atoms with Gasteiger partial charge in [0.2, 0.25) is 11.8 Å². The highest BCUT2D eigenvalue weighted by Gasteiger charge is 2.26. The van der Waals surface area contributed by atoms with E-state index in [4.69, 9.17) is 20.0 Å². The summed E-state index contributed by atoms with van der Waals surface area (Å²) < 4.78 is 10.4. The lowest BCUT2D eigenvalue weighted by Crippen LogP contribution is -2.49. The molecule has 1 aromatic rings. The van der Waals surface area contributed by atoms with Crippen molar-refractivity contribution in [2.45, 2.75) is 65.8 Å². The standard InChI is InChI=1S/C24H39N5O7/c1-15(16(2)27-22(32)36-24(4,5)6)20(30)26-17(3)21(31)28-19-10-8-18(9-11-19)14-35-23(33)29(34-7)13-12-25/h8-11,15-17H,12-14,25H2,1-7H3,(H,26,30)(H,27,32)(H,28,31)/t15-,16?,17+/m1/s1. The summed E-state index contributed by atoms with van der Waals surface area (Å²) in [7, 11) is 1.35. The van der Waals surface area contributed by atoms with E-state index in [2.05, 4.69) is 16.0 Å². The molecule has 36 heavy (non-hydrogen) atoms. The molecule has 1 unspecified atom stereocenters. The number of amides is 4. The van der Waals surface area contributed by atoms with Crippen molar-refractivity contribution in [1.82, 2.24) is 15.7 Å².